The summed E-state index contributed by atoms with van der Waals surface area (Å²) in [6, 6.07) is 20.5. The fourth-order valence-corrected chi connectivity index (χ4v) is 5.15. The van der Waals surface area contributed by atoms with E-state index in [1.807, 2.05) is 54.6 Å². The molecule has 1 atom stereocenters. The third-order valence-electron chi connectivity index (χ3n) is 7.55. The lowest BCUT2D eigenvalue weighted by atomic mass is 9.78. The molecule has 1 aliphatic carbocycles. The molecule has 0 N–H and O–H groups in total. The van der Waals surface area contributed by atoms with Gasteiger partial charge in [-0.1, -0.05) is 56.3 Å². The topological polar surface area (TPSA) is 105 Å². The predicted molar refractivity (Wildman–Crippen MR) is 151 cm³/mol. The molecule has 6 rings (SSSR count). The summed E-state index contributed by atoms with van der Waals surface area (Å²) in [5.74, 6) is -0.897. The summed E-state index contributed by atoms with van der Waals surface area (Å²) in [6.45, 7) is 4.20. The summed E-state index contributed by atoms with van der Waals surface area (Å²) in [6.07, 6.45) is 7.32. The van der Waals surface area contributed by atoms with E-state index >= 15 is 0 Å². The number of fused-ring (bicyclic) bond motifs is 2. The Kier molecular flexibility index (Phi) is 6.82. The fourth-order valence-electron chi connectivity index (χ4n) is 5.15. The van der Waals surface area contributed by atoms with Gasteiger partial charge in [0, 0.05) is 5.41 Å². The zero-order valence-electron chi connectivity index (χ0n) is 22.9. The standard InChI is InChI=1S/C34H26O8/c1-34(2,22-7-4-10-25(18-22)40-26-13-12-20-16-30(35)41-33(38)29(20)19-26)21-6-3-9-24(17-21)39-23-8-5-11-27-28(15-14-23)32(37)42-31(27)36/h3-4,6-15,17-19,28H,5,16H2,1-2H3/b15-14?,23-8+,27-11+. The zero-order chi connectivity index (χ0) is 29.4. The van der Waals surface area contributed by atoms with E-state index in [0.717, 1.165) is 11.1 Å². The minimum absolute atomic E-state index is 0.0511. The molecule has 2 heterocycles. The SMILES string of the molecule is CC(C)(c1cccc(O/C2=C/C/C=C3/C(=O)OC(=O)C3C=C2)c1)c1cccc(Oc2ccc3c(c2)C(=O)OC(=O)C3)c1. The van der Waals surface area contributed by atoms with Gasteiger partial charge < -0.3 is 18.9 Å². The molecule has 3 aromatic rings. The molecule has 42 heavy (non-hydrogen) atoms. The number of benzene rings is 3. The Labute approximate surface area is 241 Å². The molecule has 2 aliphatic heterocycles. The van der Waals surface area contributed by atoms with Crippen LogP contribution in [0.5, 0.6) is 17.2 Å². The molecule has 0 bridgehead atoms. The maximum absolute atomic E-state index is 12.1. The van der Waals surface area contributed by atoms with Crippen LogP contribution in [0, 0.1) is 5.92 Å². The molecule has 1 unspecified atom stereocenters. The van der Waals surface area contributed by atoms with Crippen LogP contribution in [0.4, 0.5) is 0 Å². The second-order valence-electron chi connectivity index (χ2n) is 10.7. The number of hydrogen-bond acceptors (Lipinski definition) is 8. The molecule has 0 spiro atoms. The monoisotopic (exact) mass is 562 g/mol. The molecular formula is C34H26O8. The first-order chi connectivity index (χ1) is 20.2. The minimum Gasteiger partial charge on any atom is -0.458 e. The predicted octanol–water partition coefficient (Wildman–Crippen LogP) is 5.89. The quantitative estimate of drug-likeness (QED) is 0.270. The molecule has 0 saturated carbocycles. The molecular weight excluding hydrogens is 536 g/mol. The maximum atomic E-state index is 12.1. The number of carbonyl (C=O) groups is 4. The molecule has 3 aliphatic rings. The van der Waals surface area contributed by atoms with Crippen LogP contribution in [0.3, 0.4) is 0 Å². The molecule has 210 valence electrons. The van der Waals surface area contributed by atoms with Gasteiger partial charge in [-0.2, -0.15) is 0 Å². The van der Waals surface area contributed by atoms with Gasteiger partial charge in [0.25, 0.3) is 0 Å². The summed E-state index contributed by atoms with van der Waals surface area (Å²) < 4.78 is 21.7. The van der Waals surface area contributed by atoms with Crippen molar-refractivity contribution < 1.29 is 38.1 Å². The molecule has 3 aromatic carbocycles. The van der Waals surface area contributed by atoms with Gasteiger partial charge in [0.2, 0.25) is 0 Å². The Morgan fingerprint density at radius 1 is 0.762 bits per heavy atom. The molecule has 0 radical (unpaired) electrons. The fraction of sp³-hybridized carbons (Fsp3) is 0.176. The van der Waals surface area contributed by atoms with Crippen molar-refractivity contribution in [3.63, 3.8) is 0 Å². The average molecular weight is 563 g/mol. The van der Waals surface area contributed by atoms with Crippen molar-refractivity contribution in [3.05, 3.63) is 125 Å². The lowest BCUT2D eigenvalue weighted by molar-refractivity contribution is -0.152. The van der Waals surface area contributed by atoms with Gasteiger partial charge in [0.05, 0.1) is 17.6 Å². The van der Waals surface area contributed by atoms with Crippen LogP contribution in [0.2, 0.25) is 0 Å². The highest BCUT2D eigenvalue weighted by molar-refractivity contribution is 6.08. The number of esters is 4. The minimum atomic E-state index is -0.719. The summed E-state index contributed by atoms with van der Waals surface area (Å²) in [7, 11) is 0. The van der Waals surface area contributed by atoms with E-state index in [2.05, 4.69) is 13.8 Å². The van der Waals surface area contributed by atoms with Crippen LogP contribution in [-0.2, 0) is 35.7 Å². The summed E-state index contributed by atoms with van der Waals surface area (Å²) in [5.41, 5.74) is 2.85. The average Bonchev–Trinajstić information content (AvgIpc) is 3.21. The van der Waals surface area contributed by atoms with Crippen LogP contribution in [0.1, 0.15) is 47.3 Å². The van der Waals surface area contributed by atoms with E-state index in [9.17, 15) is 19.2 Å². The summed E-state index contributed by atoms with van der Waals surface area (Å²) in [5, 5.41) is 0. The normalized spacial score (nSPS) is 20.6. The van der Waals surface area contributed by atoms with Gasteiger partial charge in [0.1, 0.15) is 28.9 Å². The summed E-state index contributed by atoms with van der Waals surface area (Å²) >= 11 is 0. The Morgan fingerprint density at radius 2 is 1.45 bits per heavy atom. The number of carbonyl (C=O) groups excluding carboxylic acids is 4. The molecule has 8 heteroatoms. The Hall–Kier alpha value is -5.24. The van der Waals surface area contributed by atoms with Crippen molar-refractivity contribution in [2.75, 3.05) is 0 Å². The highest BCUT2D eigenvalue weighted by atomic mass is 16.6. The van der Waals surface area contributed by atoms with Crippen molar-refractivity contribution in [3.8, 4) is 17.2 Å². The molecule has 1 fully saturated rings. The van der Waals surface area contributed by atoms with Crippen molar-refractivity contribution in [2.24, 2.45) is 5.92 Å². The highest BCUT2D eigenvalue weighted by Crippen LogP contribution is 2.37. The first-order valence-electron chi connectivity index (χ1n) is 13.5. The van der Waals surface area contributed by atoms with Gasteiger partial charge in [0.15, 0.2) is 0 Å². The smallest absolute Gasteiger partial charge is 0.346 e. The lowest BCUT2D eigenvalue weighted by Crippen LogP contribution is -2.22. The first kappa shape index (κ1) is 27.0. The molecule has 1 saturated heterocycles. The molecule has 8 nitrogen and oxygen atoms in total. The largest absolute Gasteiger partial charge is 0.458 e. The molecule has 0 amide bonds. The number of rotatable bonds is 6. The van der Waals surface area contributed by atoms with E-state index in [1.54, 1.807) is 36.4 Å². The van der Waals surface area contributed by atoms with E-state index < -0.39 is 35.2 Å². The van der Waals surface area contributed by atoms with Crippen molar-refractivity contribution in [1.82, 2.24) is 0 Å². The second kappa shape index (κ2) is 10.6. The van der Waals surface area contributed by atoms with E-state index in [-0.39, 0.29) is 6.42 Å². The number of hydrogen-bond donors (Lipinski definition) is 0. The Bertz CT molecular complexity index is 1740. The number of ether oxygens (including phenoxy) is 4. The first-order valence-corrected chi connectivity index (χ1v) is 13.5. The van der Waals surface area contributed by atoms with Crippen molar-refractivity contribution in [1.29, 1.82) is 0 Å². The third kappa shape index (κ3) is 5.26. The van der Waals surface area contributed by atoms with Gasteiger partial charge in [-0.25, -0.2) is 9.59 Å². The Balaban J connectivity index is 1.20. The van der Waals surface area contributed by atoms with Crippen molar-refractivity contribution in [2.45, 2.75) is 32.1 Å². The van der Waals surface area contributed by atoms with E-state index in [1.165, 1.54) is 0 Å². The van der Waals surface area contributed by atoms with Gasteiger partial charge in [-0.15, -0.1) is 0 Å². The van der Waals surface area contributed by atoms with E-state index in [0.29, 0.717) is 46.1 Å². The second-order valence-corrected chi connectivity index (χ2v) is 10.7. The highest BCUT2D eigenvalue weighted by Gasteiger charge is 2.37. The van der Waals surface area contributed by atoms with Crippen LogP contribution in [-0.4, -0.2) is 23.9 Å². The third-order valence-corrected chi connectivity index (χ3v) is 7.55. The van der Waals surface area contributed by atoms with Gasteiger partial charge in [-0.05, 0) is 71.7 Å². The van der Waals surface area contributed by atoms with Crippen LogP contribution >= 0.6 is 0 Å². The van der Waals surface area contributed by atoms with Crippen LogP contribution < -0.4 is 9.47 Å². The van der Waals surface area contributed by atoms with E-state index in [4.69, 9.17) is 18.9 Å². The van der Waals surface area contributed by atoms with Gasteiger partial charge >= 0.3 is 23.9 Å². The number of allylic oxidation sites excluding steroid dienone is 3. The lowest BCUT2D eigenvalue weighted by Gasteiger charge is -2.27. The van der Waals surface area contributed by atoms with Gasteiger partial charge in [-0.3, -0.25) is 9.59 Å². The van der Waals surface area contributed by atoms with Crippen molar-refractivity contribution >= 4 is 23.9 Å². The summed E-state index contributed by atoms with van der Waals surface area (Å²) in [4.78, 5) is 47.6. The number of cyclic esters (lactones) is 4. The van der Waals surface area contributed by atoms with Crippen LogP contribution in [0.15, 0.2) is 102 Å². The zero-order valence-corrected chi connectivity index (χ0v) is 22.9. The van der Waals surface area contributed by atoms with Crippen LogP contribution in [0.25, 0.3) is 0 Å². The maximum Gasteiger partial charge on any atom is 0.346 e. The Morgan fingerprint density at radius 3 is 2.19 bits per heavy atom. The molecule has 0 aromatic heterocycles.